The van der Waals surface area contributed by atoms with Crippen molar-refractivity contribution >= 4 is 5.78 Å². The summed E-state index contributed by atoms with van der Waals surface area (Å²) in [7, 11) is 4.47. The number of ketones is 1. The van der Waals surface area contributed by atoms with Gasteiger partial charge in [0.1, 0.15) is 103 Å². The third-order valence-electron chi connectivity index (χ3n) is 26.0. The molecule has 8 heterocycles. The number of aliphatic hydroxyl groups excluding tert-OH is 3. The average Bonchev–Trinajstić information content (AvgIpc) is 1.62. The van der Waals surface area contributed by atoms with E-state index in [-0.39, 0.29) is 61.7 Å². The largest absolute Gasteiger partial charge is 0.394 e. The Balaban J connectivity index is 0.000000142. The first kappa shape index (κ1) is 114. The van der Waals surface area contributed by atoms with Crippen LogP contribution in [0.2, 0.25) is 0 Å². The van der Waals surface area contributed by atoms with Crippen LogP contribution in [0.5, 0.6) is 0 Å². The highest BCUT2D eigenvalue weighted by molar-refractivity contribution is 5.88. The molecule has 8 fully saturated rings. The predicted molar refractivity (Wildman–Crippen MR) is 549 cm³/mol. The number of benzene rings is 11. The smallest absolute Gasteiger partial charge is 0.220 e. The van der Waals surface area contributed by atoms with E-state index in [0.717, 1.165) is 61.2 Å². The molecule has 0 radical (unpaired) electrons. The van der Waals surface area contributed by atoms with Gasteiger partial charge in [0.2, 0.25) is 12.1 Å². The van der Waals surface area contributed by atoms with E-state index in [9.17, 15) is 20.1 Å². The second-order valence-corrected chi connectivity index (χ2v) is 38.3. The van der Waals surface area contributed by atoms with Gasteiger partial charge in [-0.2, -0.15) is 0 Å². The first-order chi connectivity index (χ1) is 71.9. The zero-order valence-corrected chi connectivity index (χ0v) is 85.9. The zero-order chi connectivity index (χ0) is 104. The van der Waals surface area contributed by atoms with Crippen LogP contribution in [0, 0.1) is 0 Å². The molecule has 11 aromatic carbocycles. The molecule has 4 N–H and O–H groups in total. The van der Waals surface area contributed by atoms with Gasteiger partial charge >= 0.3 is 0 Å². The van der Waals surface area contributed by atoms with Crippen molar-refractivity contribution in [3.05, 3.63) is 395 Å². The lowest BCUT2D eigenvalue weighted by Gasteiger charge is -2.34. The fourth-order valence-corrected chi connectivity index (χ4v) is 18.1. The lowest BCUT2D eigenvalue weighted by atomic mass is 9.92. The molecule has 29 nitrogen and oxygen atoms in total. The van der Waals surface area contributed by atoms with Gasteiger partial charge in [0.15, 0.2) is 36.7 Å². The van der Waals surface area contributed by atoms with E-state index >= 15 is 0 Å². The number of rotatable bonds is 42. The van der Waals surface area contributed by atoms with E-state index in [2.05, 4.69) is 50.2 Å². The monoisotopic (exact) mass is 2040 g/mol. The van der Waals surface area contributed by atoms with Crippen molar-refractivity contribution in [3.8, 4) is 0 Å². The van der Waals surface area contributed by atoms with E-state index in [4.69, 9.17) is 119 Å². The molecule has 0 saturated carbocycles. The Morgan fingerprint density at radius 3 is 0.973 bits per heavy atom. The molecular formula is C119H144O29. The lowest BCUT2D eigenvalue weighted by Crippen LogP contribution is -2.49. The summed E-state index contributed by atoms with van der Waals surface area (Å²) in [5, 5.41) is 39.7. The van der Waals surface area contributed by atoms with Crippen LogP contribution in [0.4, 0.5) is 0 Å². The van der Waals surface area contributed by atoms with Crippen molar-refractivity contribution in [1.82, 2.24) is 0 Å². The number of methoxy groups -OCH3 is 3. The summed E-state index contributed by atoms with van der Waals surface area (Å²) in [4.78, 5) is 12.4. The van der Waals surface area contributed by atoms with Crippen molar-refractivity contribution in [3.63, 3.8) is 0 Å². The van der Waals surface area contributed by atoms with Crippen LogP contribution in [-0.4, -0.2) is 239 Å². The van der Waals surface area contributed by atoms with Gasteiger partial charge in [0.05, 0.1) is 118 Å². The summed E-state index contributed by atoms with van der Waals surface area (Å²) in [5.74, 6) is -1.58. The molecule has 0 spiro atoms. The maximum Gasteiger partial charge on any atom is 0.220 e. The molecule has 8 saturated heterocycles. The molecule has 11 aromatic rings. The van der Waals surface area contributed by atoms with Crippen LogP contribution < -0.4 is 0 Å². The molecule has 23 atom stereocenters. The average molecular weight is 2040 g/mol. The Morgan fingerprint density at radius 2 is 0.608 bits per heavy atom. The van der Waals surface area contributed by atoms with Crippen LogP contribution in [0.3, 0.4) is 0 Å². The molecule has 794 valence electrons. The molecule has 29 heteroatoms. The third kappa shape index (κ3) is 33.7. The Labute approximate surface area is 868 Å². The molecular weight excluding hydrogens is 1890 g/mol. The fraction of sp³-hybridized carbons (Fsp3) is 0.437. The van der Waals surface area contributed by atoms with E-state index in [1.54, 1.807) is 20.8 Å². The van der Waals surface area contributed by atoms with Crippen molar-refractivity contribution in [2.45, 2.75) is 273 Å². The SMILES string of the molecule is CC1(C)OC2O[C@H](CO)[C@@H](O)C2O1.CC1(C)OC2O[C@H](COCc3ccccc3)[C@@H](OCc3ccccc3)C2O1.CO[C@H]1O[C@H](COCc2ccccc2)[C@@H](OCc2ccccc2)C1=O.CO[C@H]1O[C@H](COCc2ccccc2)[C@@H](OCc2ccccc2)C1O.CO[C@H]1O[C@H](COCc2ccccc2)[C@@H](OCc2ccccc2)[C@@]1(C)O.C[C@H]1O[C@H](COCc2ccccc2)[C@@H](OCc2ccccc2)[C@@]1(C)OCc1ccccc1. The standard InChI is InChI=1S/C28H32O4.C22H26O5.C21H26O5.C20H24O5.C20H22O5.C8H14O5/c1-22-28(2,31-20-25-16-10-5-11-17-25)27(30-19-24-14-8-4-9-15-24)26(32-22)21-29-18-23-12-6-3-7-13-23;1-22(2)26-20-19(24-14-17-11-7-4-8-12-17)18(25-21(20)27-22)15-23-13-16-9-5-3-6-10-16;1-21(22)19(25-14-17-11-7-4-8-12-17)18(26-20(21)23-2)15-24-13-16-9-5-3-6-10-16;2*1-22-20-18(21)19(24-13-16-10-6-3-7-11-16)17(25-20)14-23-12-15-8-4-2-5-9-15;1-8(2)12-6-5(10)4(3-9)11-7(6)13-8/h3-17,22,26-27H,18-21H2,1-2H3;3-12,18-21H,13-15H2,1-2H3;3-12,18-20,22H,13-15H2,1-2H3;2-11,17-21H,12-14H2,1H3;2-11,17,19-20H,12-14H2,1H3;4-7,9-10H,3H2,1-2H3/t22-,26-,27-,28+;18-,19-,20?,21?;18-,19-,20+,21-;17-,18?,19-,20+;17-,19-,20+;4-,5-,6?,7?/m111111/s1. The summed E-state index contributed by atoms with van der Waals surface area (Å²) in [6.07, 6.45) is -10.4. The summed E-state index contributed by atoms with van der Waals surface area (Å²) in [6.45, 7) is 19.8. The Bertz CT molecular complexity index is 5500. The molecule has 148 heavy (non-hydrogen) atoms. The molecule has 5 unspecified atom stereocenters. The van der Waals surface area contributed by atoms with Crippen LogP contribution >= 0.6 is 0 Å². The number of hydrogen-bond donors (Lipinski definition) is 4. The van der Waals surface area contributed by atoms with Gasteiger partial charge in [0.25, 0.3) is 0 Å². The Morgan fingerprint density at radius 1 is 0.297 bits per heavy atom. The summed E-state index contributed by atoms with van der Waals surface area (Å²) >= 11 is 0. The molecule has 0 amide bonds. The number of fused-ring (bicyclic) bond motifs is 2. The maximum absolute atomic E-state index is 12.4. The third-order valence-corrected chi connectivity index (χ3v) is 26.0. The van der Waals surface area contributed by atoms with E-state index in [1.807, 2.05) is 311 Å². The van der Waals surface area contributed by atoms with Gasteiger partial charge in [-0.05, 0) is 110 Å². The van der Waals surface area contributed by atoms with E-state index < -0.39 is 109 Å². The molecule has 8 aliphatic rings. The van der Waals surface area contributed by atoms with Crippen molar-refractivity contribution < 1.29 is 139 Å². The van der Waals surface area contributed by atoms with Crippen LogP contribution in [0.15, 0.2) is 334 Å². The first-order valence-corrected chi connectivity index (χ1v) is 50.4. The number of carbonyl (C=O) groups is 1. The van der Waals surface area contributed by atoms with Gasteiger partial charge in [0, 0.05) is 21.3 Å². The molecule has 0 aliphatic carbocycles. The highest BCUT2D eigenvalue weighted by Gasteiger charge is 2.59. The topological polar surface area (TPSA) is 320 Å². The van der Waals surface area contributed by atoms with Crippen LogP contribution in [0.25, 0.3) is 0 Å². The molecule has 19 rings (SSSR count). The number of carbonyl (C=O) groups excluding carboxylic acids is 1. The lowest BCUT2D eigenvalue weighted by molar-refractivity contribution is -0.225. The number of aliphatic hydroxyl groups is 4. The zero-order valence-electron chi connectivity index (χ0n) is 85.9. The van der Waals surface area contributed by atoms with Crippen LogP contribution in [0.1, 0.15) is 110 Å². The predicted octanol–water partition coefficient (Wildman–Crippen LogP) is 16.6. The van der Waals surface area contributed by atoms with Gasteiger partial charge < -0.3 is 134 Å². The van der Waals surface area contributed by atoms with Crippen molar-refractivity contribution in [2.24, 2.45) is 0 Å². The quantitative estimate of drug-likeness (QED) is 0.0276. The molecule has 8 aliphatic heterocycles. The molecule has 0 bridgehead atoms. The van der Waals surface area contributed by atoms with Gasteiger partial charge in [-0.1, -0.05) is 334 Å². The number of ether oxygens (including phenoxy) is 24. The van der Waals surface area contributed by atoms with Gasteiger partial charge in [-0.25, -0.2) is 0 Å². The second-order valence-electron chi connectivity index (χ2n) is 38.3. The second kappa shape index (κ2) is 58.0. The fourth-order valence-electron chi connectivity index (χ4n) is 18.1. The van der Waals surface area contributed by atoms with Crippen molar-refractivity contribution in [1.29, 1.82) is 0 Å². The Hall–Kier alpha value is -10.0. The summed E-state index contributed by atoms with van der Waals surface area (Å²) < 4.78 is 139. The van der Waals surface area contributed by atoms with Gasteiger partial charge in [-0.3, -0.25) is 4.79 Å². The number of hydrogen-bond acceptors (Lipinski definition) is 29. The highest BCUT2D eigenvalue weighted by Crippen LogP contribution is 2.43. The van der Waals surface area contributed by atoms with E-state index in [1.165, 1.54) is 21.3 Å². The highest BCUT2D eigenvalue weighted by atomic mass is 16.9. The van der Waals surface area contributed by atoms with E-state index in [0.29, 0.717) is 99.1 Å². The minimum atomic E-state index is -1.26. The Kier molecular flexibility index (Phi) is 44.5. The number of Topliss-reactive ketones (excluding diaryl/α,β-unsaturated/α-hetero) is 1. The van der Waals surface area contributed by atoms with Crippen molar-refractivity contribution in [2.75, 3.05) is 61.0 Å². The maximum atomic E-state index is 12.4. The molecule has 0 aromatic heterocycles. The first-order valence-electron chi connectivity index (χ1n) is 50.4. The normalized spacial score (nSPS) is 28.2. The summed E-state index contributed by atoms with van der Waals surface area (Å²) in [6, 6.07) is 110. The van der Waals surface area contributed by atoms with Crippen LogP contribution in [-0.2, 0) is 191 Å². The minimum absolute atomic E-state index is 0.127. The summed E-state index contributed by atoms with van der Waals surface area (Å²) in [5.41, 5.74) is 10.1. The van der Waals surface area contributed by atoms with Gasteiger partial charge in [-0.15, -0.1) is 0 Å². The minimum Gasteiger partial charge on any atom is -0.394 e.